The van der Waals surface area contributed by atoms with Crippen molar-refractivity contribution in [1.29, 1.82) is 0 Å². The van der Waals surface area contributed by atoms with E-state index in [1.165, 1.54) is 60.7 Å². The van der Waals surface area contributed by atoms with E-state index in [1.807, 2.05) is 0 Å². The first kappa shape index (κ1) is 24.8. The minimum atomic E-state index is -4.33. The summed E-state index contributed by atoms with van der Waals surface area (Å²) in [6.45, 7) is 1.86. The first-order valence-corrected chi connectivity index (χ1v) is 12.3. The van der Waals surface area contributed by atoms with E-state index in [1.54, 1.807) is 36.5 Å². The van der Waals surface area contributed by atoms with Gasteiger partial charge < -0.3 is 10.2 Å². The third kappa shape index (κ3) is 5.66. The number of carbonyl (C=O) groups excluding carboxylic acids is 1. The molecular weight excluding hydrogens is 486 g/mol. The van der Waals surface area contributed by atoms with Crippen LogP contribution in [-0.2, 0) is 16.6 Å². The number of hydrogen-bond acceptors (Lipinski definition) is 5. The number of rotatable bonds is 7. The molecule has 2 N–H and O–H groups in total. The van der Waals surface area contributed by atoms with Crippen molar-refractivity contribution in [2.24, 2.45) is 4.99 Å². The highest BCUT2D eigenvalue weighted by Gasteiger charge is 2.25. The summed E-state index contributed by atoms with van der Waals surface area (Å²) in [7, 11) is -4.33. The summed E-state index contributed by atoms with van der Waals surface area (Å²) in [5, 5.41) is 2.69. The summed E-state index contributed by atoms with van der Waals surface area (Å²) in [6.07, 6.45) is 6.38. The van der Waals surface area contributed by atoms with Crippen molar-refractivity contribution in [3.63, 3.8) is 0 Å². The molecule has 3 aromatic carbocycles. The molecule has 1 heterocycles. The molecule has 0 unspecified atom stereocenters. The van der Waals surface area contributed by atoms with Gasteiger partial charge in [-0.15, -0.1) is 0 Å². The Bertz CT molecular complexity index is 1480. The van der Waals surface area contributed by atoms with E-state index >= 15 is 0 Å². The Hall–Kier alpha value is -4.31. The minimum absolute atomic E-state index is 0.0754. The first-order valence-electron chi connectivity index (χ1n) is 10.8. The molecule has 0 spiro atoms. The fourth-order valence-electron chi connectivity index (χ4n) is 3.48. The van der Waals surface area contributed by atoms with E-state index in [-0.39, 0.29) is 28.4 Å². The summed E-state index contributed by atoms with van der Waals surface area (Å²) in [5.41, 5.74) is 1.38. The maximum Gasteiger partial charge on any atom is 0.264 e. The van der Waals surface area contributed by atoms with Crippen molar-refractivity contribution in [3.8, 4) is 0 Å². The molecule has 0 saturated carbocycles. The zero-order valence-corrected chi connectivity index (χ0v) is 20.0. The number of halogens is 2. The largest absolute Gasteiger partial charge is 0.348 e. The lowest BCUT2D eigenvalue weighted by molar-refractivity contribution is 0.0950. The Morgan fingerprint density at radius 2 is 1.78 bits per heavy atom. The van der Waals surface area contributed by atoms with E-state index < -0.39 is 27.6 Å². The Kier molecular flexibility index (Phi) is 7.25. The Morgan fingerprint density at radius 1 is 1.03 bits per heavy atom. The van der Waals surface area contributed by atoms with Gasteiger partial charge in [-0.25, -0.2) is 17.2 Å². The molecule has 1 aliphatic rings. The highest BCUT2D eigenvalue weighted by Crippen LogP contribution is 2.32. The fourth-order valence-corrected chi connectivity index (χ4v) is 4.76. The maximum absolute atomic E-state index is 14.2. The number of anilines is 2. The van der Waals surface area contributed by atoms with E-state index in [0.717, 1.165) is 6.07 Å². The van der Waals surface area contributed by atoms with E-state index in [4.69, 9.17) is 0 Å². The standard InChI is InChI=1S/C26H22F2N4O3S/c1-18-16-29-13-4-14-32(18)24-12-9-20(26(33)30-17-19-7-10-21(27)11-8-19)15-25(24)36(34,35)31-23-6-3-2-5-22(23)28/h2-16,31H,17H2,1H3,(H,30,33). The van der Waals surface area contributed by atoms with Gasteiger partial charge in [0.05, 0.1) is 11.4 Å². The van der Waals surface area contributed by atoms with Crippen molar-refractivity contribution in [1.82, 2.24) is 5.32 Å². The summed E-state index contributed by atoms with van der Waals surface area (Å²) < 4.78 is 56.5. The third-order valence-electron chi connectivity index (χ3n) is 5.30. The van der Waals surface area contributed by atoms with Gasteiger partial charge in [0.25, 0.3) is 15.9 Å². The Morgan fingerprint density at radius 3 is 2.53 bits per heavy atom. The summed E-state index contributed by atoms with van der Waals surface area (Å²) in [4.78, 5) is 18.3. The fraction of sp³-hybridized carbons (Fsp3) is 0.0769. The van der Waals surface area contributed by atoms with Crippen LogP contribution in [0.3, 0.4) is 0 Å². The van der Waals surface area contributed by atoms with Gasteiger partial charge in [-0.2, -0.15) is 0 Å². The summed E-state index contributed by atoms with van der Waals surface area (Å²) in [6, 6.07) is 15.2. The molecule has 10 heteroatoms. The van der Waals surface area contributed by atoms with Crippen LogP contribution in [0.1, 0.15) is 22.8 Å². The predicted molar refractivity (Wildman–Crippen MR) is 135 cm³/mol. The van der Waals surface area contributed by atoms with Crippen LogP contribution >= 0.6 is 0 Å². The number of carbonyl (C=O) groups is 1. The van der Waals surface area contributed by atoms with Crippen LogP contribution in [0.4, 0.5) is 20.2 Å². The number of allylic oxidation sites excluding steroid dienone is 2. The lowest BCUT2D eigenvalue weighted by Crippen LogP contribution is -2.25. The van der Waals surface area contributed by atoms with E-state index in [9.17, 15) is 22.0 Å². The average molecular weight is 509 g/mol. The van der Waals surface area contributed by atoms with Crippen molar-refractivity contribution in [2.75, 3.05) is 9.62 Å². The lowest BCUT2D eigenvalue weighted by Gasteiger charge is -2.24. The van der Waals surface area contributed by atoms with Crippen molar-refractivity contribution < 1.29 is 22.0 Å². The van der Waals surface area contributed by atoms with Crippen LogP contribution in [0.15, 0.2) is 101 Å². The number of amides is 1. The zero-order chi connectivity index (χ0) is 25.7. The third-order valence-corrected chi connectivity index (χ3v) is 6.70. The number of aliphatic imine (C=N–C) groups is 1. The van der Waals surface area contributed by atoms with Gasteiger partial charge in [0.2, 0.25) is 0 Å². The second kappa shape index (κ2) is 10.5. The quantitative estimate of drug-likeness (QED) is 0.472. The molecule has 184 valence electrons. The number of nitrogens with zero attached hydrogens (tertiary/aromatic N) is 2. The molecule has 0 saturated heterocycles. The van der Waals surface area contributed by atoms with Crippen LogP contribution in [-0.4, -0.2) is 20.5 Å². The van der Waals surface area contributed by atoms with Gasteiger partial charge in [-0.1, -0.05) is 24.3 Å². The van der Waals surface area contributed by atoms with Crippen LogP contribution in [0, 0.1) is 11.6 Å². The molecule has 3 aromatic rings. The number of nitrogens with one attached hydrogen (secondary N) is 2. The molecule has 0 aromatic heterocycles. The van der Waals surface area contributed by atoms with Gasteiger partial charge in [0.15, 0.2) is 0 Å². The highest BCUT2D eigenvalue weighted by molar-refractivity contribution is 7.92. The normalized spacial score (nSPS) is 13.2. The molecule has 0 bridgehead atoms. The number of benzene rings is 3. The van der Waals surface area contributed by atoms with Gasteiger partial charge in [0, 0.05) is 36.4 Å². The molecule has 4 rings (SSSR count). The van der Waals surface area contributed by atoms with Crippen LogP contribution in [0.5, 0.6) is 0 Å². The molecule has 7 nitrogen and oxygen atoms in total. The van der Waals surface area contributed by atoms with Gasteiger partial charge >= 0.3 is 0 Å². The lowest BCUT2D eigenvalue weighted by atomic mass is 10.1. The molecule has 0 radical (unpaired) electrons. The Balaban J connectivity index is 1.71. The molecule has 1 amide bonds. The zero-order valence-electron chi connectivity index (χ0n) is 19.2. The van der Waals surface area contributed by atoms with Crippen molar-refractivity contribution >= 4 is 33.5 Å². The Labute approximate surface area is 207 Å². The molecule has 0 aliphatic carbocycles. The number of para-hydroxylation sites is 1. The highest BCUT2D eigenvalue weighted by atomic mass is 32.2. The maximum atomic E-state index is 14.2. The summed E-state index contributed by atoms with van der Waals surface area (Å²) >= 11 is 0. The SMILES string of the molecule is CC1=CN=CC=CN1c1ccc(C(=O)NCc2ccc(F)cc2)cc1S(=O)(=O)Nc1ccccc1F. The molecule has 0 atom stereocenters. The predicted octanol–water partition coefficient (Wildman–Crippen LogP) is 4.96. The second-order valence-corrected chi connectivity index (χ2v) is 9.51. The van der Waals surface area contributed by atoms with Gasteiger partial charge in [-0.05, 0) is 61.0 Å². The monoisotopic (exact) mass is 508 g/mol. The van der Waals surface area contributed by atoms with Crippen LogP contribution in [0.25, 0.3) is 0 Å². The van der Waals surface area contributed by atoms with Crippen LogP contribution in [0.2, 0.25) is 0 Å². The summed E-state index contributed by atoms with van der Waals surface area (Å²) in [5.74, 6) is -1.67. The minimum Gasteiger partial charge on any atom is -0.348 e. The molecule has 36 heavy (non-hydrogen) atoms. The average Bonchev–Trinajstić information content (AvgIpc) is 3.08. The van der Waals surface area contributed by atoms with Crippen LogP contribution < -0.4 is 14.9 Å². The first-order chi connectivity index (χ1) is 17.2. The molecule has 1 aliphatic heterocycles. The topological polar surface area (TPSA) is 90.9 Å². The van der Waals surface area contributed by atoms with Gasteiger partial charge in [-0.3, -0.25) is 14.5 Å². The van der Waals surface area contributed by atoms with Gasteiger partial charge in [0.1, 0.15) is 16.5 Å². The number of hydrogen-bond donors (Lipinski definition) is 2. The van der Waals surface area contributed by atoms with Crippen molar-refractivity contribution in [3.05, 3.63) is 114 Å². The smallest absolute Gasteiger partial charge is 0.264 e. The van der Waals surface area contributed by atoms with E-state index in [2.05, 4.69) is 15.0 Å². The van der Waals surface area contributed by atoms with E-state index in [0.29, 0.717) is 11.3 Å². The second-order valence-electron chi connectivity index (χ2n) is 7.86. The number of sulfonamides is 1. The molecular formula is C26H22F2N4O3S. The van der Waals surface area contributed by atoms with Crippen molar-refractivity contribution in [2.45, 2.75) is 18.4 Å². The molecule has 0 fully saturated rings.